The number of rotatable bonds is 0. The van der Waals surface area contributed by atoms with E-state index in [1.54, 1.807) is 19.1 Å². The molecular formula is C11H9FN2. The Kier molecular flexibility index (Phi) is 1.78. The Morgan fingerprint density at radius 3 is 2.71 bits per heavy atom. The second kappa shape index (κ2) is 2.85. The molecule has 0 aliphatic rings. The molecule has 3 heteroatoms. The summed E-state index contributed by atoms with van der Waals surface area (Å²) >= 11 is 0. The maximum Gasteiger partial charge on any atom is 0.101 e. The Morgan fingerprint density at radius 1 is 1.36 bits per heavy atom. The molecule has 0 saturated carbocycles. The van der Waals surface area contributed by atoms with Crippen molar-refractivity contribution in [2.24, 2.45) is 0 Å². The van der Waals surface area contributed by atoms with Gasteiger partial charge in [0.2, 0.25) is 0 Å². The monoisotopic (exact) mass is 188 g/mol. The van der Waals surface area contributed by atoms with Crippen LogP contribution in [0, 0.1) is 25.2 Å². The molecule has 2 rings (SSSR count). The zero-order valence-electron chi connectivity index (χ0n) is 8.00. The van der Waals surface area contributed by atoms with Gasteiger partial charge in [-0.3, -0.25) is 0 Å². The molecule has 14 heavy (non-hydrogen) atoms. The standard InChI is InChI=1S/C11H9FN2/c1-7-8(2)14(12)11-9(6-13)4-3-5-10(7)11/h3-5H,1-2H3. The first-order valence-electron chi connectivity index (χ1n) is 4.33. The Balaban J connectivity index is 3.04. The summed E-state index contributed by atoms with van der Waals surface area (Å²) in [6.45, 7) is 3.56. The first-order valence-corrected chi connectivity index (χ1v) is 4.33. The summed E-state index contributed by atoms with van der Waals surface area (Å²) in [6.07, 6.45) is 0. The largest absolute Gasteiger partial charge is 0.192 e. The van der Waals surface area contributed by atoms with Crippen LogP contribution in [0.15, 0.2) is 18.2 Å². The zero-order chi connectivity index (χ0) is 10.3. The third kappa shape index (κ3) is 0.942. The predicted molar refractivity (Wildman–Crippen MR) is 52.6 cm³/mol. The molecule has 1 aromatic heterocycles. The number of nitriles is 1. The lowest BCUT2D eigenvalue weighted by Crippen LogP contribution is -1.87. The van der Waals surface area contributed by atoms with Crippen LogP contribution in [0.5, 0.6) is 0 Å². The molecule has 0 atom stereocenters. The van der Waals surface area contributed by atoms with Gasteiger partial charge in [0.05, 0.1) is 16.8 Å². The maximum atomic E-state index is 13.6. The molecule has 0 unspecified atom stereocenters. The molecule has 0 fully saturated rings. The summed E-state index contributed by atoms with van der Waals surface area (Å²) < 4.78 is 13.6. The van der Waals surface area contributed by atoms with Crippen molar-refractivity contribution in [3.05, 3.63) is 35.0 Å². The van der Waals surface area contributed by atoms with E-state index in [2.05, 4.69) is 0 Å². The van der Waals surface area contributed by atoms with E-state index in [-0.39, 0.29) is 0 Å². The second-order valence-electron chi connectivity index (χ2n) is 3.30. The number of nitrogens with zero attached hydrogens (tertiary/aromatic N) is 2. The summed E-state index contributed by atoms with van der Waals surface area (Å²) in [7, 11) is 0. The number of hydrogen-bond acceptors (Lipinski definition) is 1. The van der Waals surface area contributed by atoms with Crippen molar-refractivity contribution in [1.82, 2.24) is 4.79 Å². The highest BCUT2D eigenvalue weighted by molar-refractivity contribution is 5.89. The van der Waals surface area contributed by atoms with E-state index >= 15 is 0 Å². The average Bonchev–Trinajstić information content (AvgIpc) is 2.44. The van der Waals surface area contributed by atoms with Gasteiger partial charge in [0, 0.05) is 5.39 Å². The van der Waals surface area contributed by atoms with Crippen LogP contribution in [-0.4, -0.2) is 4.79 Å². The van der Waals surface area contributed by atoms with Gasteiger partial charge in [-0.05, 0) is 25.5 Å². The minimum absolute atomic E-state index is 0.376. The normalized spacial score (nSPS) is 10.4. The number of aromatic nitrogens is 1. The topological polar surface area (TPSA) is 28.7 Å². The van der Waals surface area contributed by atoms with Crippen molar-refractivity contribution in [2.75, 3.05) is 0 Å². The molecule has 0 aliphatic carbocycles. The number of hydrogen-bond donors (Lipinski definition) is 0. The third-order valence-electron chi connectivity index (χ3n) is 2.59. The highest BCUT2D eigenvalue weighted by Crippen LogP contribution is 2.27. The minimum Gasteiger partial charge on any atom is -0.192 e. The number of para-hydroxylation sites is 1. The molecule has 0 saturated heterocycles. The predicted octanol–water partition coefficient (Wildman–Crippen LogP) is 2.86. The summed E-state index contributed by atoms with van der Waals surface area (Å²) in [5.74, 6) is 0. The van der Waals surface area contributed by atoms with E-state index in [4.69, 9.17) is 5.26 Å². The Bertz CT molecular complexity index is 546. The Labute approximate surface area is 81.1 Å². The van der Waals surface area contributed by atoms with Gasteiger partial charge in [-0.25, -0.2) is 0 Å². The molecule has 2 nitrogen and oxygen atoms in total. The summed E-state index contributed by atoms with van der Waals surface area (Å²) in [5.41, 5.74) is 2.20. The molecule has 1 heterocycles. The van der Waals surface area contributed by atoms with Gasteiger partial charge in [0.1, 0.15) is 6.07 Å². The van der Waals surface area contributed by atoms with Gasteiger partial charge in [0.25, 0.3) is 0 Å². The lowest BCUT2D eigenvalue weighted by molar-refractivity contribution is 0.376. The van der Waals surface area contributed by atoms with Crippen LogP contribution in [-0.2, 0) is 0 Å². The van der Waals surface area contributed by atoms with Crippen LogP contribution in [0.1, 0.15) is 16.8 Å². The third-order valence-corrected chi connectivity index (χ3v) is 2.59. The van der Waals surface area contributed by atoms with Crippen molar-refractivity contribution in [3.8, 4) is 6.07 Å². The van der Waals surface area contributed by atoms with Crippen molar-refractivity contribution in [1.29, 1.82) is 5.26 Å². The van der Waals surface area contributed by atoms with E-state index in [9.17, 15) is 4.48 Å². The number of aryl methyl sites for hydroxylation is 1. The molecule has 70 valence electrons. The lowest BCUT2D eigenvalue weighted by atomic mass is 10.1. The zero-order valence-corrected chi connectivity index (χ0v) is 8.00. The summed E-state index contributed by atoms with van der Waals surface area (Å²) in [6, 6.07) is 7.21. The quantitative estimate of drug-likeness (QED) is 0.624. The lowest BCUT2D eigenvalue weighted by Gasteiger charge is -1.95. The van der Waals surface area contributed by atoms with Crippen molar-refractivity contribution >= 4 is 10.9 Å². The molecule has 0 spiro atoms. The van der Waals surface area contributed by atoms with Crippen LogP contribution >= 0.6 is 0 Å². The minimum atomic E-state index is 0.376. The van der Waals surface area contributed by atoms with Crippen LogP contribution in [0.2, 0.25) is 0 Å². The molecule has 0 bridgehead atoms. The fraction of sp³-hybridized carbons (Fsp3) is 0.182. The van der Waals surface area contributed by atoms with Crippen LogP contribution in [0.4, 0.5) is 4.48 Å². The van der Waals surface area contributed by atoms with Crippen molar-refractivity contribution < 1.29 is 4.48 Å². The SMILES string of the molecule is Cc1c(C)n(F)c2c(C#N)cccc12. The Morgan fingerprint density at radius 2 is 2.07 bits per heavy atom. The van der Waals surface area contributed by atoms with E-state index in [0.29, 0.717) is 21.6 Å². The molecule has 2 aromatic rings. The summed E-state index contributed by atoms with van der Waals surface area (Å²) in [4.78, 5) is 0.587. The van der Waals surface area contributed by atoms with Gasteiger partial charge in [-0.1, -0.05) is 16.6 Å². The fourth-order valence-electron chi connectivity index (χ4n) is 1.66. The van der Waals surface area contributed by atoms with Gasteiger partial charge in [0.15, 0.2) is 0 Å². The number of benzene rings is 1. The fourth-order valence-corrected chi connectivity index (χ4v) is 1.66. The Hall–Kier alpha value is -1.82. The maximum absolute atomic E-state index is 13.6. The first-order chi connectivity index (χ1) is 6.66. The van der Waals surface area contributed by atoms with Gasteiger partial charge < -0.3 is 0 Å². The van der Waals surface area contributed by atoms with Crippen molar-refractivity contribution in [3.63, 3.8) is 0 Å². The van der Waals surface area contributed by atoms with Crippen LogP contribution in [0.3, 0.4) is 0 Å². The van der Waals surface area contributed by atoms with Gasteiger partial charge >= 0.3 is 0 Å². The van der Waals surface area contributed by atoms with Gasteiger partial charge in [-0.2, -0.15) is 10.1 Å². The molecule has 0 amide bonds. The van der Waals surface area contributed by atoms with E-state index in [0.717, 1.165) is 10.9 Å². The second-order valence-corrected chi connectivity index (χ2v) is 3.30. The molecule has 1 aromatic carbocycles. The molecular weight excluding hydrogens is 179 g/mol. The molecule has 0 N–H and O–H groups in total. The smallest absolute Gasteiger partial charge is 0.101 e. The highest BCUT2D eigenvalue weighted by Gasteiger charge is 2.13. The summed E-state index contributed by atoms with van der Waals surface area (Å²) in [5, 5.41) is 9.64. The molecule has 0 radical (unpaired) electrons. The van der Waals surface area contributed by atoms with Crippen LogP contribution in [0.25, 0.3) is 10.9 Å². The van der Waals surface area contributed by atoms with E-state index in [1.807, 2.05) is 19.1 Å². The average molecular weight is 188 g/mol. The van der Waals surface area contributed by atoms with Crippen molar-refractivity contribution in [2.45, 2.75) is 13.8 Å². The number of fused-ring (bicyclic) bond motifs is 1. The first kappa shape index (κ1) is 8.76. The molecule has 0 aliphatic heterocycles. The highest BCUT2D eigenvalue weighted by atomic mass is 19.2. The van der Waals surface area contributed by atoms with E-state index in [1.165, 1.54) is 0 Å². The van der Waals surface area contributed by atoms with Crippen LogP contribution < -0.4 is 0 Å². The number of halogens is 1. The van der Waals surface area contributed by atoms with E-state index < -0.39 is 0 Å². The van der Waals surface area contributed by atoms with Gasteiger partial charge in [-0.15, -0.1) is 0 Å².